The third-order valence-corrected chi connectivity index (χ3v) is 4.12. The fraction of sp³-hybridized carbons (Fsp3) is 0.333. The molecule has 10 heteroatoms. The second kappa shape index (κ2) is 9.07. The minimum atomic E-state index is -3.07. The highest BCUT2D eigenvalue weighted by atomic mass is 19.3. The van der Waals surface area contributed by atoms with Gasteiger partial charge in [-0.05, 0) is 18.2 Å². The Morgan fingerprint density at radius 2 is 1.71 bits per heavy atom. The number of hydrogen-bond donors (Lipinski definition) is 0. The van der Waals surface area contributed by atoms with E-state index < -0.39 is 19.2 Å². The van der Waals surface area contributed by atoms with E-state index in [0.29, 0.717) is 32.1 Å². The Morgan fingerprint density at radius 3 is 2.39 bits per heavy atom. The summed E-state index contributed by atoms with van der Waals surface area (Å²) in [5, 5.41) is 0. The molecule has 0 spiro atoms. The number of hydrogen-bond acceptors (Lipinski definition) is 7. The van der Waals surface area contributed by atoms with Crippen LogP contribution in [0.25, 0.3) is 0 Å². The molecule has 1 amide bonds. The first-order valence-electron chi connectivity index (χ1n) is 8.55. The van der Waals surface area contributed by atoms with Crippen molar-refractivity contribution in [2.45, 2.75) is 6.61 Å². The molecule has 0 saturated carbocycles. The minimum Gasteiger partial charge on any atom is -0.452 e. The van der Waals surface area contributed by atoms with E-state index in [1.54, 1.807) is 23.4 Å². The number of halogens is 2. The predicted molar refractivity (Wildman–Crippen MR) is 94.2 cm³/mol. The molecule has 8 nitrogen and oxygen atoms in total. The van der Waals surface area contributed by atoms with E-state index in [1.807, 2.05) is 4.90 Å². The highest BCUT2D eigenvalue weighted by Crippen LogP contribution is 2.21. The first-order valence-corrected chi connectivity index (χ1v) is 8.55. The van der Waals surface area contributed by atoms with Crippen molar-refractivity contribution in [1.82, 2.24) is 14.9 Å². The highest BCUT2D eigenvalue weighted by Gasteiger charge is 2.24. The lowest BCUT2D eigenvalue weighted by Gasteiger charge is -2.34. The molecule has 2 aromatic rings. The van der Waals surface area contributed by atoms with Gasteiger partial charge in [0.1, 0.15) is 11.3 Å². The number of piperazine rings is 1. The zero-order valence-electron chi connectivity index (χ0n) is 14.8. The summed E-state index contributed by atoms with van der Waals surface area (Å²) in [6.07, 6.45) is 3.30. The smallest absolute Gasteiger partial charge is 0.387 e. The first kappa shape index (κ1) is 19.5. The van der Waals surface area contributed by atoms with Crippen LogP contribution in [0.4, 0.5) is 14.7 Å². The minimum absolute atomic E-state index is 0.165. The lowest BCUT2D eigenvalue weighted by Crippen LogP contribution is -2.50. The van der Waals surface area contributed by atoms with Crippen molar-refractivity contribution in [2.24, 2.45) is 0 Å². The van der Waals surface area contributed by atoms with Crippen LogP contribution >= 0.6 is 0 Å². The molecule has 0 aliphatic carbocycles. The van der Waals surface area contributed by atoms with E-state index in [9.17, 15) is 18.4 Å². The number of ether oxygens (including phenoxy) is 2. The molecule has 0 atom stereocenters. The molecule has 1 fully saturated rings. The number of rotatable bonds is 6. The van der Waals surface area contributed by atoms with E-state index >= 15 is 0 Å². The van der Waals surface area contributed by atoms with Crippen LogP contribution in [0, 0.1) is 0 Å². The molecule has 148 valence electrons. The maximum Gasteiger partial charge on any atom is 0.387 e. The van der Waals surface area contributed by atoms with Crippen molar-refractivity contribution >= 4 is 17.8 Å². The Bertz CT molecular complexity index is 814. The van der Waals surface area contributed by atoms with Crippen LogP contribution in [-0.2, 0) is 9.53 Å². The number of benzene rings is 1. The zero-order valence-corrected chi connectivity index (χ0v) is 14.8. The van der Waals surface area contributed by atoms with Crippen LogP contribution in [0.1, 0.15) is 10.4 Å². The monoisotopic (exact) mass is 392 g/mol. The van der Waals surface area contributed by atoms with Crippen molar-refractivity contribution in [3.63, 3.8) is 0 Å². The molecular weight excluding hydrogens is 374 g/mol. The van der Waals surface area contributed by atoms with Crippen molar-refractivity contribution in [3.8, 4) is 5.75 Å². The normalized spacial score (nSPS) is 14.1. The Hall–Kier alpha value is -3.30. The van der Waals surface area contributed by atoms with Gasteiger partial charge < -0.3 is 19.3 Å². The van der Waals surface area contributed by atoms with Gasteiger partial charge in [0.05, 0.1) is 0 Å². The number of esters is 1. The van der Waals surface area contributed by atoms with E-state index in [-0.39, 0.29) is 17.2 Å². The number of para-hydroxylation sites is 1. The van der Waals surface area contributed by atoms with Gasteiger partial charge >= 0.3 is 12.6 Å². The molecule has 0 unspecified atom stereocenters. The Balaban J connectivity index is 1.50. The number of aromatic nitrogens is 2. The highest BCUT2D eigenvalue weighted by molar-refractivity contribution is 5.94. The lowest BCUT2D eigenvalue weighted by molar-refractivity contribution is -0.134. The second-order valence-electron chi connectivity index (χ2n) is 5.87. The quantitative estimate of drug-likeness (QED) is 0.690. The summed E-state index contributed by atoms with van der Waals surface area (Å²) in [5.41, 5.74) is -0.165. The number of carbonyl (C=O) groups is 2. The summed E-state index contributed by atoms with van der Waals surface area (Å²) in [7, 11) is 0. The molecule has 1 saturated heterocycles. The van der Waals surface area contributed by atoms with Crippen molar-refractivity contribution in [1.29, 1.82) is 0 Å². The Morgan fingerprint density at radius 1 is 1.04 bits per heavy atom. The van der Waals surface area contributed by atoms with Crippen LogP contribution in [0.5, 0.6) is 5.75 Å². The summed E-state index contributed by atoms with van der Waals surface area (Å²) < 4.78 is 34.1. The molecule has 0 radical (unpaired) electrons. The first-order chi connectivity index (χ1) is 13.5. The number of nitrogens with zero attached hydrogens (tertiary/aromatic N) is 4. The summed E-state index contributed by atoms with van der Waals surface area (Å²) in [6, 6.07) is 7.19. The number of alkyl halides is 2. The second-order valence-corrected chi connectivity index (χ2v) is 5.87. The van der Waals surface area contributed by atoms with Gasteiger partial charge in [0, 0.05) is 38.6 Å². The maximum atomic E-state index is 12.4. The van der Waals surface area contributed by atoms with Gasteiger partial charge in [-0.25, -0.2) is 14.8 Å². The van der Waals surface area contributed by atoms with Gasteiger partial charge in [0.15, 0.2) is 6.61 Å². The van der Waals surface area contributed by atoms with Crippen molar-refractivity contribution in [2.75, 3.05) is 37.7 Å². The third kappa shape index (κ3) is 4.90. The van der Waals surface area contributed by atoms with Crippen LogP contribution in [0.3, 0.4) is 0 Å². The SMILES string of the molecule is O=C(OCC(=O)N1CCN(c2ncccn2)CC1)c1ccccc1OC(F)F. The van der Waals surface area contributed by atoms with Gasteiger partial charge in [-0.1, -0.05) is 12.1 Å². The molecule has 1 aromatic heterocycles. The zero-order chi connectivity index (χ0) is 19.9. The molecule has 0 N–H and O–H groups in total. The average molecular weight is 392 g/mol. The van der Waals surface area contributed by atoms with Gasteiger partial charge in [-0.2, -0.15) is 8.78 Å². The number of anilines is 1. The van der Waals surface area contributed by atoms with Crippen LogP contribution < -0.4 is 9.64 Å². The van der Waals surface area contributed by atoms with Gasteiger partial charge in [0.25, 0.3) is 5.91 Å². The van der Waals surface area contributed by atoms with E-state index in [0.717, 1.165) is 0 Å². The van der Waals surface area contributed by atoms with Gasteiger partial charge in [-0.3, -0.25) is 4.79 Å². The molecule has 1 aromatic carbocycles. The predicted octanol–water partition coefficient (Wildman–Crippen LogP) is 1.58. The third-order valence-electron chi connectivity index (χ3n) is 4.12. The number of amides is 1. The van der Waals surface area contributed by atoms with Crippen molar-refractivity contribution < 1.29 is 27.8 Å². The van der Waals surface area contributed by atoms with Crippen molar-refractivity contribution in [3.05, 3.63) is 48.3 Å². The van der Waals surface area contributed by atoms with Crippen LogP contribution in [0.2, 0.25) is 0 Å². The standard InChI is InChI=1S/C18H18F2N4O4/c19-17(20)28-14-5-2-1-4-13(14)16(26)27-12-15(25)23-8-10-24(11-9-23)18-21-6-3-7-22-18/h1-7,17H,8-12H2. The maximum absolute atomic E-state index is 12.4. The van der Waals surface area contributed by atoms with E-state index in [1.165, 1.54) is 24.3 Å². The van der Waals surface area contributed by atoms with Crippen LogP contribution in [-0.4, -0.2) is 66.1 Å². The molecule has 1 aliphatic rings. The van der Waals surface area contributed by atoms with Gasteiger partial charge in [0.2, 0.25) is 5.95 Å². The summed E-state index contributed by atoms with van der Waals surface area (Å²) in [6.45, 7) is -1.59. The topological polar surface area (TPSA) is 84.9 Å². The molecule has 2 heterocycles. The summed E-state index contributed by atoms with van der Waals surface area (Å²) >= 11 is 0. The molecule has 0 bridgehead atoms. The Kier molecular flexibility index (Phi) is 6.30. The fourth-order valence-electron chi connectivity index (χ4n) is 2.74. The van der Waals surface area contributed by atoms with Gasteiger partial charge in [-0.15, -0.1) is 0 Å². The molecule has 3 rings (SSSR count). The lowest BCUT2D eigenvalue weighted by atomic mass is 10.2. The van der Waals surface area contributed by atoms with E-state index in [2.05, 4.69) is 14.7 Å². The molecular formula is C18H18F2N4O4. The van der Waals surface area contributed by atoms with E-state index in [4.69, 9.17) is 4.74 Å². The average Bonchev–Trinajstić information content (AvgIpc) is 2.72. The molecule has 1 aliphatic heterocycles. The summed E-state index contributed by atoms with van der Waals surface area (Å²) in [5.74, 6) is -0.974. The van der Waals surface area contributed by atoms with Crippen LogP contribution in [0.15, 0.2) is 42.7 Å². The number of carbonyl (C=O) groups excluding carboxylic acids is 2. The summed E-state index contributed by atoms with van der Waals surface area (Å²) in [4.78, 5) is 36.3. The fourth-order valence-corrected chi connectivity index (χ4v) is 2.74. The molecule has 28 heavy (non-hydrogen) atoms. The Labute approximate surface area is 159 Å². The largest absolute Gasteiger partial charge is 0.452 e.